The average molecular weight is 281 g/mol. The third-order valence-electron chi connectivity index (χ3n) is 3.10. The molecule has 1 aliphatic rings. The number of pyridine rings is 1. The van der Waals surface area contributed by atoms with Crippen LogP contribution in [-0.4, -0.2) is 27.7 Å². The first-order valence-electron chi connectivity index (χ1n) is 5.55. The Kier molecular flexibility index (Phi) is 2.65. The summed E-state index contributed by atoms with van der Waals surface area (Å²) >= 11 is 3.49. The topological polar surface area (TPSA) is 42.2 Å². The number of nitrogens with one attached hydrogen (secondary N) is 1. The average Bonchev–Trinajstić information content (AvgIpc) is 2.73. The molecule has 16 heavy (non-hydrogen) atoms. The lowest BCUT2D eigenvalue weighted by molar-refractivity contribution is 0.442. The van der Waals surface area contributed by atoms with Crippen molar-refractivity contribution < 1.29 is 0 Å². The van der Waals surface area contributed by atoms with Gasteiger partial charge in [0.15, 0.2) is 5.65 Å². The van der Waals surface area contributed by atoms with Crippen LogP contribution in [0.4, 0.5) is 0 Å². The van der Waals surface area contributed by atoms with Gasteiger partial charge in [-0.15, -0.1) is 10.2 Å². The molecular formula is C11H13BrN4. The standard InChI is InChI=1S/C11H13BrN4/c12-9-1-2-10-14-15-11(16(10)7-9)8-3-5-13-6-4-8/h1-2,7-8,13H,3-6H2. The largest absolute Gasteiger partial charge is 0.317 e. The highest BCUT2D eigenvalue weighted by Gasteiger charge is 2.20. The highest BCUT2D eigenvalue weighted by molar-refractivity contribution is 9.10. The summed E-state index contributed by atoms with van der Waals surface area (Å²) in [6, 6.07) is 3.98. The van der Waals surface area contributed by atoms with Crippen LogP contribution in [-0.2, 0) is 0 Å². The van der Waals surface area contributed by atoms with E-state index in [1.807, 2.05) is 18.3 Å². The van der Waals surface area contributed by atoms with Gasteiger partial charge in [-0.2, -0.15) is 0 Å². The molecule has 5 heteroatoms. The van der Waals surface area contributed by atoms with Crippen molar-refractivity contribution in [3.63, 3.8) is 0 Å². The number of hydrogen-bond acceptors (Lipinski definition) is 3. The lowest BCUT2D eigenvalue weighted by Gasteiger charge is -2.20. The fourth-order valence-corrected chi connectivity index (χ4v) is 2.58. The van der Waals surface area contributed by atoms with Crippen molar-refractivity contribution in [1.29, 1.82) is 0 Å². The van der Waals surface area contributed by atoms with Gasteiger partial charge in [0.25, 0.3) is 0 Å². The maximum absolute atomic E-state index is 4.32. The van der Waals surface area contributed by atoms with Crippen LogP contribution in [0, 0.1) is 0 Å². The summed E-state index contributed by atoms with van der Waals surface area (Å²) in [6.45, 7) is 2.15. The van der Waals surface area contributed by atoms with Gasteiger partial charge in [-0.1, -0.05) is 0 Å². The molecule has 2 aromatic heterocycles. The Labute approximate surface area is 102 Å². The lowest BCUT2D eigenvalue weighted by Crippen LogP contribution is -2.27. The van der Waals surface area contributed by atoms with Crippen molar-refractivity contribution in [3.05, 3.63) is 28.6 Å². The number of halogens is 1. The monoisotopic (exact) mass is 280 g/mol. The zero-order valence-electron chi connectivity index (χ0n) is 8.86. The van der Waals surface area contributed by atoms with Gasteiger partial charge in [0.1, 0.15) is 5.82 Å². The molecule has 0 aliphatic carbocycles. The molecule has 0 spiro atoms. The van der Waals surface area contributed by atoms with Crippen LogP contribution in [0.3, 0.4) is 0 Å². The van der Waals surface area contributed by atoms with Crippen LogP contribution in [0.15, 0.2) is 22.8 Å². The molecule has 1 saturated heterocycles. The van der Waals surface area contributed by atoms with Crippen LogP contribution < -0.4 is 5.32 Å². The Morgan fingerprint density at radius 2 is 2.06 bits per heavy atom. The zero-order valence-corrected chi connectivity index (χ0v) is 10.4. The van der Waals surface area contributed by atoms with Gasteiger partial charge in [0.05, 0.1) is 0 Å². The molecule has 1 N–H and O–H groups in total. The van der Waals surface area contributed by atoms with E-state index in [4.69, 9.17) is 0 Å². The summed E-state index contributed by atoms with van der Waals surface area (Å²) in [6.07, 6.45) is 4.34. The van der Waals surface area contributed by atoms with Crippen molar-refractivity contribution in [2.75, 3.05) is 13.1 Å². The first-order valence-corrected chi connectivity index (χ1v) is 6.35. The van der Waals surface area contributed by atoms with Crippen LogP contribution >= 0.6 is 15.9 Å². The van der Waals surface area contributed by atoms with Crippen LogP contribution in [0.2, 0.25) is 0 Å². The maximum Gasteiger partial charge on any atom is 0.160 e. The van der Waals surface area contributed by atoms with Crippen molar-refractivity contribution >= 4 is 21.6 Å². The van der Waals surface area contributed by atoms with E-state index in [9.17, 15) is 0 Å². The Morgan fingerprint density at radius 3 is 2.88 bits per heavy atom. The molecule has 1 aliphatic heterocycles. The van der Waals surface area contributed by atoms with Gasteiger partial charge >= 0.3 is 0 Å². The van der Waals surface area contributed by atoms with Crippen LogP contribution in [0.1, 0.15) is 24.6 Å². The fraction of sp³-hybridized carbons (Fsp3) is 0.455. The number of hydrogen-bond donors (Lipinski definition) is 1. The Balaban J connectivity index is 2.05. The minimum atomic E-state index is 0.533. The fourth-order valence-electron chi connectivity index (χ4n) is 2.24. The second-order valence-corrected chi connectivity index (χ2v) is 5.07. The van der Waals surface area contributed by atoms with E-state index >= 15 is 0 Å². The smallest absolute Gasteiger partial charge is 0.160 e. The van der Waals surface area contributed by atoms with Crippen LogP contribution in [0.25, 0.3) is 5.65 Å². The third kappa shape index (κ3) is 1.74. The van der Waals surface area contributed by atoms with Crippen LogP contribution in [0.5, 0.6) is 0 Å². The highest BCUT2D eigenvalue weighted by Crippen LogP contribution is 2.24. The van der Waals surface area contributed by atoms with E-state index in [0.29, 0.717) is 5.92 Å². The van der Waals surface area contributed by atoms with E-state index in [-0.39, 0.29) is 0 Å². The molecule has 0 amide bonds. The van der Waals surface area contributed by atoms with Gasteiger partial charge in [-0.3, -0.25) is 4.40 Å². The summed E-state index contributed by atoms with van der Waals surface area (Å²) in [5.74, 6) is 1.63. The summed E-state index contributed by atoms with van der Waals surface area (Å²) in [5, 5.41) is 11.9. The third-order valence-corrected chi connectivity index (χ3v) is 3.57. The van der Waals surface area contributed by atoms with E-state index < -0.39 is 0 Å². The summed E-state index contributed by atoms with van der Waals surface area (Å²) in [7, 11) is 0. The minimum absolute atomic E-state index is 0.533. The molecular weight excluding hydrogens is 268 g/mol. The quantitative estimate of drug-likeness (QED) is 0.869. The summed E-state index contributed by atoms with van der Waals surface area (Å²) in [4.78, 5) is 0. The van der Waals surface area contributed by atoms with Gasteiger partial charge < -0.3 is 5.32 Å². The summed E-state index contributed by atoms with van der Waals surface area (Å²) < 4.78 is 3.16. The van der Waals surface area contributed by atoms with E-state index in [1.54, 1.807) is 0 Å². The first kappa shape index (κ1) is 10.2. The molecule has 3 rings (SSSR count). The van der Waals surface area contributed by atoms with Gasteiger partial charge in [-0.05, 0) is 54.0 Å². The molecule has 3 heterocycles. The molecule has 0 bridgehead atoms. The SMILES string of the molecule is Brc1ccc2nnc(C3CCNCC3)n2c1. The molecule has 1 fully saturated rings. The molecule has 84 valence electrons. The maximum atomic E-state index is 4.32. The number of piperidine rings is 1. The summed E-state index contributed by atoms with van der Waals surface area (Å²) in [5.41, 5.74) is 0.928. The zero-order chi connectivity index (χ0) is 11.0. The van der Waals surface area contributed by atoms with E-state index in [0.717, 1.165) is 41.9 Å². The minimum Gasteiger partial charge on any atom is -0.317 e. The van der Waals surface area contributed by atoms with Crippen molar-refractivity contribution in [2.45, 2.75) is 18.8 Å². The van der Waals surface area contributed by atoms with Gasteiger partial charge in [0, 0.05) is 16.6 Å². The van der Waals surface area contributed by atoms with Crippen molar-refractivity contribution in [2.24, 2.45) is 0 Å². The van der Waals surface area contributed by atoms with Gasteiger partial charge in [-0.25, -0.2) is 0 Å². The van der Waals surface area contributed by atoms with Crippen molar-refractivity contribution in [1.82, 2.24) is 19.9 Å². The molecule has 4 nitrogen and oxygen atoms in total. The van der Waals surface area contributed by atoms with E-state index in [2.05, 4.69) is 35.8 Å². The number of fused-ring (bicyclic) bond motifs is 1. The number of rotatable bonds is 1. The normalized spacial score (nSPS) is 18.1. The molecule has 0 aromatic carbocycles. The first-order chi connectivity index (χ1) is 7.84. The predicted octanol–water partition coefficient (Wildman–Crippen LogP) is 1.96. The number of nitrogens with zero attached hydrogens (tertiary/aromatic N) is 3. The van der Waals surface area contributed by atoms with Crippen molar-refractivity contribution in [3.8, 4) is 0 Å². The Hall–Kier alpha value is -0.940. The second kappa shape index (κ2) is 4.14. The molecule has 0 unspecified atom stereocenters. The predicted molar refractivity (Wildman–Crippen MR) is 65.5 cm³/mol. The molecule has 2 aromatic rings. The lowest BCUT2D eigenvalue weighted by atomic mass is 9.97. The molecule has 0 saturated carbocycles. The Morgan fingerprint density at radius 1 is 1.25 bits per heavy atom. The highest BCUT2D eigenvalue weighted by atomic mass is 79.9. The molecule has 0 radical (unpaired) electrons. The van der Waals surface area contributed by atoms with Gasteiger partial charge in [0.2, 0.25) is 0 Å². The number of aromatic nitrogens is 3. The van der Waals surface area contributed by atoms with E-state index in [1.165, 1.54) is 0 Å². The molecule has 0 atom stereocenters. The second-order valence-electron chi connectivity index (χ2n) is 4.16. The Bertz CT molecular complexity index is 502.